The maximum atomic E-state index is 12.3. The molecule has 2 aliphatic rings. The number of allylic oxidation sites excluding steroid dienone is 1. The predicted molar refractivity (Wildman–Crippen MR) is 66.2 cm³/mol. The number of ketones is 1. The number of carbonyl (C=O) groups is 1. The molecule has 0 saturated carbocycles. The van der Waals surface area contributed by atoms with E-state index in [4.69, 9.17) is 5.26 Å². The quantitative estimate of drug-likeness (QED) is 0.641. The molecule has 0 unspecified atom stereocenters. The number of nitrogens with zero attached hydrogens (tertiary/aromatic N) is 2. The normalized spacial score (nSPS) is 37.0. The van der Waals surface area contributed by atoms with Gasteiger partial charge >= 0.3 is 0 Å². The van der Waals surface area contributed by atoms with Crippen LogP contribution in [0.5, 0.6) is 0 Å². The molecule has 3 nitrogen and oxygen atoms in total. The number of likely N-dealkylation sites (tertiary alicyclic amines) is 1. The van der Waals surface area contributed by atoms with Crippen molar-refractivity contribution in [2.75, 3.05) is 20.1 Å². The van der Waals surface area contributed by atoms with E-state index in [0.717, 1.165) is 19.5 Å². The summed E-state index contributed by atoms with van der Waals surface area (Å²) in [5.74, 6) is 0.364. The lowest BCUT2D eigenvalue weighted by Gasteiger charge is -2.52. The number of piperidine rings is 1. The molecular formula is C14H20N2O. The number of nitriles is 1. The molecule has 0 aromatic carbocycles. The average Bonchev–Trinajstić information content (AvgIpc) is 2.23. The number of rotatable bonds is 0. The van der Waals surface area contributed by atoms with Gasteiger partial charge in [-0.15, -0.1) is 0 Å². The zero-order chi connectivity index (χ0) is 12.8. The number of hydrogen-bond donors (Lipinski definition) is 0. The van der Waals surface area contributed by atoms with Gasteiger partial charge in [-0.1, -0.05) is 26.8 Å². The second-order valence-electron chi connectivity index (χ2n) is 6.31. The van der Waals surface area contributed by atoms with E-state index in [1.807, 2.05) is 19.9 Å². The summed E-state index contributed by atoms with van der Waals surface area (Å²) in [6, 6.07) is 2.08. The smallest absolute Gasteiger partial charge is 0.178 e. The van der Waals surface area contributed by atoms with Crippen molar-refractivity contribution in [3.05, 3.63) is 11.6 Å². The molecule has 0 radical (unpaired) electrons. The zero-order valence-corrected chi connectivity index (χ0v) is 11.1. The maximum Gasteiger partial charge on any atom is 0.178 e. The predicted octanol–water partition coefficient (Wildman–Crippen LogP) is 2.00. The largest absolute Gasteiger partial charge is 0.305 e. The Morgan fingerprint density at radius 1 is 1.47 bits per heavy atom. The highest BCUT2D eigenvalue weighted by molar-refractivity contribution is 6.04. The minimum absolute atomic E-state index is 0.0204. The van der Waals surface area contributed by atoms with Crippen molar-refractivity contribution in [2.24, 2.45) is 16.7 Å². The standard InChI is InChI=1S/C14H20N2O/c1-13(2)11-5-6-16(4)9-14(11,3)7-10(8-15)12(13)17/h7,11H,5-6,9H2,1-4H3/t11-,14+/m1/s1. The Labute approximate surface area is 103 Å². The van der Waals surface area contributed by atoms with Crippen LogP contribution in [0.4, 0.5) is 0 Å². The van der Waals surface area contributed by atoms with Gasteiger partial charge in [0.1, 0.15) is 6.07 Å². The first kappa shape index (κ1) is 12.3. The lowest BCUT2D eigenvalue weighted by Crippen LogP contribution is -2.54. The van der Waals surface area contributed by atoms with Crippen LogP contribution in [0.3, 0.4) is 0 Å². The van der Waals surface area contributed by atoms with E-state index in [-0.39, 0.29) is 11.2 Å². The Kier molecular flexibility index (Phi) is 2.67. The van der Waals surface area contributed by atoms with Crippen LogP contribution in [0, 0.1) is 28.1 Å². The van der Waals surface area contributed by atoms with Gasteiger partial charge in [0.25, 0.3) is 0 Å². The highest BCUT2D eigenvalue weighted by Gasteiger charge is 2.52. The first-order valence-corrected chi connectivity index (χ1v) is 6.17. The van der Waals surface area contributed by atoms with Crippen molar-refractivity contribution in [2.45, 2.75) is 27.2 Å². The van der Waals surface area contributed by atoms with Gasteiger partial charge in [-0.3, -0.25) is 4.79 Å². The fourth-order valence-corrected chi connectivity index (χ4v) is 3.77. The van der Waals surface area contributed by atoms with Crippen LogP contribution in [-0.4, -0.2) is 30.8 Å². The van der Waals surface area contributed by atoms with E-state index in [2.05, 4.69) is 24.9 Å². The molecule has 1 fully saturated rings. The van der Waals surface area contributed by atoms with Gasteiger partial charge in [-0.05, 0) is 25.9 Å². The second kappa shape index (κ2) is 3.68. The number of Topliss-reactive ketones (excluding diaryl/α,β-unsaturated/α-hetero) is 1. The SMILES string of the molecule is CN1CC[C@@H]2C(C)(C)C(=O)C(C#N)=C[C@@]2(C)C1. The summed E-state index contributed by atoms with van der Waals surface area (Å²) in [6.07, 6.45) is 2.95. The minimum atomic E-state index is -0.407. The highest BCUT2D eigenvalue weighted by atomic mass is 16.1. The second-order valence-corrected chi connectivity index (χ2v) is 6.31. The summed E-state index contributed by atoms with van der Waals surface area (Å²) in [4.78, 5) is 14.5. The molecule has 0 bridgehead atoms. The van der Waals surface area contributed by atoms with Gasteiger partial charge in [-0.25, -0.2) is 0 Å². The van der Waals surface area contributed by atoms with Crippen LogP contribution >= 0.6 is 0 Å². The van der Waals surface area contributed by atoms with Crippen LogP contribution < -0.4 is 0 Å². The van der Waals surface area contributed by atoms with Crippen molar-refractivity contribution in [1.82, 2.24) is 4.90 Å². The zero-order valence-electron chi connectivity index (χ0n) is 11.1. The van der Waals surface area contributed by atoms with Crippen molar-refractivity contribution >= 4 is 5.78 Å². The number of carbonyl (C=O) groups excluding carboxylic acids is 1. The average molecular weight is 232 g/mol. The van der Waals surface area contributed by atoms with Crippen LogP contribution in [-0.2, 0) is 4.79 Å². The van der Waals surface area contributed by atoms with Gasteiger partial charge in [0.15, 0.2) is 5.78 Å². The molecule has 1 heterocycles. The topological polar surface area (TPSA) is 44.1 Å². The van der Waals surface area contributed by atoms with E-state index in [9.17, 15) is 4.79 Å². The molecule has 0 N–H and O–H groups in total. The molecule has 92 valence electrons. The third-order valence-corrected chi connectivity index (χ3v) is 4.50. The van der Waals surface area contributed by atoms with Crippen molar-refractivity contribution in [3.63, 3.8) is 0 Å². The Hall–Kier alpha value is -1.14. The summed E-state index contributed by atoms with van der Waals surface area (Å²) in [7, 11) is 2.10. The van der Waals surface area contributed by atoms with Crippen molar-refractivity contribution < 1.29 is 4.79 Å². The van der Waals surface area contributed by atoms with E-state index < -0.39 is 5.41 Å². The molecule has 0 amide bonds. The Morgan fingerprint density at radius 3 is 2.71 bits per heavy atom. The van der Waals surface area contributed by atoms with E-state index >= 15 is 0 Å². The summed E-state index contributed by atoms with van der Waals surface area (Å²) in [6.45, 7) is 8.13. The molecule has 3 heteroatoms. The molecule has 2 atom stereocenters. The van der Waals surface area contributed by atoms with Gasteiger partial charge in [-0.2, -0.15) is 5.26 Å². The van der Waals surface area contributed by atoms with E-state index in [0.29, 0.717) is 11.5 Å². The molecule has 0 spiro atoms. The third kappa shape index (κ3) is 1.71. The van der Waals surface area contributed by atoms with Crippen LogP contribution in [0.2, 0.25) is 0 Å². The fraction of sp³-hybridized carbons (Fsp3) is 0.714. The van der Waals surface area contributed by atoms with Gasteiger partial charge < -0.3 is 4.90 Å². The Balaban J connectivity index is 2.51. The lowest BCUT2D eigenvalue weighted by molar-refractivity contribution is -0.131. The molecule has 1 aliphatic heterocycles. The van der Waals surface area contributed by atoms with Crippen molar-refractivity contribution in [3.8, 4) is 6.07 Å². The van der Waals surface area contributed by atoms with E-state index in [1.54, 1.807) is 0 Å². The van der Waals surface area contributed by atoms with Crippen molar-refractivity contribution in [1.29, 1.82) is 5.26 Å². The van der Waals surface area contributed by atoms with Gasteiger partial charge in [0.05, 0.1) is 5.57 Å². The third-order valence-electron chi connectivity index (χ3n) is 4.50. The fourth-order valence-electron chi connectivity index (χ4n) is 3.77. The van der Waals surface area contributed by atoms with Gasteiger partial charge in [0, 0.05) is 17.4 Å². The summed E-state index contributed by atoms with van der Waals surface area (Å²) in [5.41, 5.74) is -0.102. The molecule has 1 aliphatic carbocycles. The molecule has 0 aromatic heterocycles. The monoisotopic (exact) mass is 232 g/mol. The number of fused-ring (bicyclic) bond motifs is 1. The van der Waals surface area contributed by atoms with E-state index in [1.165, 1.54) is 0 Å². The highest BCUT2D eigenvalue weighted by Crippen LogP contribution is 2.51. The Bertz CT molecular complexity index is 430. The molecule has 17 heavy (non-hydrogen) atoms. The maximum absolute atomic E-state index is 12.3. The summed E-state index contributed by atoms with van der Waals surface area (Å²) in [5, 5.41) is 9.11. The first-order valence-electron chi connectivity index (χ1n) is 6.17. The molecule has 0 aromatic rings. The van der Waals surface area contributed by atoms with Crippen LogP contribution in [0.25, 0.3) is 0 Å². The number of hydrogen-bond acceptors (Lipinski definition) is 3. The van der Waals surface area contributed by atoms with Crippen LogP contribution in [0.1, 0.15) is 27.2 Å². The Morgan fingerprint density at radius 2 is 2.12 bits per heavy atom. The minimum Gasteiger partial charge on any atom is -0.305 e. The summed E-state index contributed by atoms with van der Waals surface area (Å²) >= 11 is 0. The van der Waals surface area contributed by atoms with Gasteiger partial charge in [0.2, 0.25) is 0 Å². The first-order chi connectivity index (χ1) is 7.81. The lowest BCUT2D eigenvalue weighted by atomic mass is 9.55. The summed E-state index contributed by atoms with van der Waals surface area (Å²) < 4.78 is 0. The van der Waals surface area contributed by atoms with Crippen LogP contribution in [0.15, 0.2) is 11.6 Å². The molecule has 2 rings (SSSR count). The molecular weight excluding hydrogens is 212 g/mol. The molecule has 1 saturated heterocycles.